The standard InChI is InChI=1S/C26H40N6O8/c1-16(12-21(35)29-8-6-27-19(33)4-10-31-23(37)14-17(2)25(31)39)13-22(36)30-9-7-28-20(34)5-11-32-24(38)15-18(3)26(32)40/h16-18H,4-15H2,1-3H3,(H,27,33)(H,28,34)(H,29,35)(H,30,36). The van der Waals surface area contributed by atoms with Crippen LogP contribution in [-0.4, -0.2) is 96.3 Å². The van der Waals surface area contributed by atoms with E-state index in [1.165, 1.54) is 0 Å². The molecule has 14 heteroatoms. The molecule has 8 amide bonds. The van der Waals surface area contributed by atoms with Crippen LogP contribution in [0.15, 0.2) is 0 Å². The van der Waals surface area contributed by atoms with E-state index in [0.717, 1.165) is 9.80 Å². The van der Waals surface area contributed by atoms with Crippen LogP contribution in [0, 0.1) is 17.8 Å². The topological polar surface area (TPSA) is 191 Å². The fourth-order valence-electron chi connectivity index (χ4n) is 4.43. The molecule has 0 spiro atoms. The number of amides is 8. The zero-order chi connectivity index (χ0) is 29.8. The minimum absolute atomic E-state index is 0.00602. The molecule has 2 saturated heterocycles. The number of rotatable bonds is 16. The van der Waals surface area contributed by atoms with Crippen LogP contribution >= 0.6 is 0 Å². The number of hydrogen-bond acceptors (Lipinski definition) is 8. The van der Waals surface area contributed by atoms with Crippen molar-refractivity contribution in [2.24, 2.45) is 17.8 Å². The van der Waals surface area contributed by atoms with Crippen LogP contribution in [0.2, 0.25) is 0 Å². The Morgan fingerprint density at radius 3 is 1.27 bits per heavy atom. The van der Waals surface area contributed by atoms with Gasteiger partial charge in [-0.05, 0) is 5.92 Å². The maximum Gasteiger partial charge on any atom is 0.232 e. The Morgan fingerprint density at radius 1 is 0.650 bits per heavy atom. The molecule has 0 aromatic heterocycles. The zero-order valence-electron chi connectivity index (χ0n) is 23.4. The number of hydrogen-bond donors (Lipinski definition) is 4. The van der Waals surface area contributed by atoms with Crippen molar-refractivity contribution < 1.29 is 38.4 Å². The van der Waals surface area contributed by atoms with Crippen molar-refractivity contribution in [1.82, 2.24) is 31.1 Å². The number of imide groups is 2. The molecule has 2 aliphatic heterocycles. The van der Waals surface area contributed by atoms with E-state index in [2.05, 4.69) is 21.3 Å². The molecule has 0 radical (unpaired) electrons. The van der Waals surface area contributed by atoms with Crippen molar-refractivity contribution in [2.45, 2.75) is 59.3 Å². The van der Waals surface area contributed by atoms with E-state index in [4.69, 9.17) is 0 Å². The molecule has 2 rings (SSSR count). The van der Waals surface area contributed by atoms with Gasteiger partial charge in [-0.3, -0.25) is 48.2 Å². The molecule has 2 heterocycles. The fraction of sp³-hybridized carbons (Fsp3) is 0.692. The van der Waals surface area contributed by atoms with Crippen LogP contribution in [0.4, 0.5) is 0 Å². The van der Waals surface area contributed by atoms with Gasteiger partial charge >= 0.3 is 0 Å². The van der Waals surface area contributed by atoms with E-state index < -0.39 is 0 Å². The predicted molar refractivity (Wildman–Crippen MR) is 141 cm³/mol. The Labute approximate surface area is 233 Å². The molecular weight excluding hydrogens is 524 g/mol. The Kier molecular flexibility index (Phi) is 12.7. The summed E-state index contributed by atoms with van der Waals surface area (Å²) >= 11 is 0. The van der Waals surface area contributed by atoms with Gasteiger partial charge in [0, 0.05) is 89.6 Å². The van der Waals surface area contributed by atoms with Crippen LogP contribution < -0.4 is 21.3 Å². The van der Waals surface area contributed by atoms with Crippen molar-refractivity contribution in [3.05, 3.63) is 0 Å². The summed E-state index contributed by atoms with van der Waals surface area (Å²) in [6, 6.07) is 0. The van der Waals surface area contributed by atoms with E-state index in [1.807, 2.05) is 0 Å². The van der Waals surface area contributed by atoms with E-state index in [0.29, 0.717) is 0 Å². The molecule has 0 saturated carbocycles. The first kappa shape index (κ1) is 32.4. The summed E-state index contributed by atoms with van der Waals surface area (Å²) in [7, 11) is 0. The summed E-state index contributed by atoms with van der Waals surface area (Å²) in [5, 5.41) is 10.6. The zero-order valence-corrected chi connectivity index (χ0v) is 23.4. The molecule has 4 N–H and O–H groups in total. The summed E-state index contributed by atoms with van der Waals surface area (Å²) < 4.78 is 0. The second-order valence-corrected chi connectivity index (χ2v) is 10.4. The minimum Gasteiger partial charge on any atom is -0.354 e. The Bertz CT molecular complexity index is 937. The normalized spacial score (nSPS) is 19.6. The molecule has 14 nitrogen and oxygen atoms in total. The molecular formula is C26H40N6O8. The average Bonchev–Trinajstić information content (AvgIpc) is 3.27. The monoisotopic (exact) mass is 564 g/mol. The van der Waals surface area contributed by atoms with Crippen LogP contribution in [-0.2, 0) is 38.4 Å². The lowest BCUT2D eigenvalue weighted by atomic mass is 10.0. The summed E-state index contributed by atoms with van der Waals surface area (Å²) in [5.41, 5.74) is 0. The second-order valence-electron chi connectivity index (χ2n) is 10.4. The molecule has 0 aromatic carbocycles. The van der Waals surface area contributed by atoms with Gasteiger partial charge in [0.15, 0.2) is 0 Å². The SMILES string of the molecule is CC(CC(=O)NCCNC(=O)CCN1C(=O)CC(C)C1=O)CC(=O)NCCNC(=O)CCN1C(=O)CC(C)C1=O. The maximum atomic E-state index is 12.1. The number of carbonyl (C=O) groups is 8. The lowest BCUT2D eigenvalue weighted by molar-refractivity contribution is -0.141. The first-order valence-corrected chi connectivity index (χ1v) is 13.6. The summed E-state index contributed by atoms with van der Waals surface area (Å²) in [6.45, 7) is 5.95. The van der Waals surface area contributed by atoms with Crippen molar-refractivity contribution in [1.29, 1.82) is 0 Å². The largest absolute Gasteiger partial charge is 0.354 e. The van der Waals surface area contributed by atoms with Gasteiger partial charge in [0.05, 0.1) is 0 Å². The highest BCUT2D eigenvalue weighted by Crippen LogP contribution is 2.19. The third-order valence-electron chi connectivity index (χ3n) is 6.67. The molecule has 40 heavy (non-hydrogen) atoms. The summed E-state index contributed by atoms with van der Waals surface area (Å²) in [6.07, 6.45) is 0.546. The van der Waals surface area contributed by atoms with Gasteiger partial charge in [0.1, 0.15) is 0 Å². The van der Waals surface area contributed by atoms with Gasteiger partial charge < -0.3 is 21.3 Å². The van der Waals surface area contributed by atoms with Crippen molar-refractivity contribution in [3.8, 4) is 0 Å². The number of likely N-dealkylation sites (tertiary alicyclic amines) is 2. The Balaban J connectivity index is 1.48. The second kappa shape index (κ2) is 15.7. The Morgan fingerprint density at radius 2 is 0.975 bits per heavy atom. The number of nitrogens with one attached hydrogen (secondary N) is 4. The molecule has 0 aromatic rings. The van der Waals surface area contributed by atoms with Crippen molar-refractivity contribution in [2.75, 3.05) is 39.3 Å². The van der Waals surface area contributed by atoms with Gasteiger partial charge in [-0.25, -0.2) is 0 Å². The molecule has 2 unspecified atom stereocenters. The number of carbonyl (C=O) groups excluding carboxylic acids is 8. The van der Waals surface area contributed by atoms with E-state index in [9.17, 15) is 38.4 Å². The highest BCUT2D eigenvalue weighted by Gasteiger charge is 2.36. The van der Waals surface area contributed by atoms with E-state index in [1.54, 1.807) is 20.8 Å². The quantitative estimate of drug-likeness (QED) is 0.128. The van der Waals surface area contributed by atoms with Crippen LogP contribution in [0.3, 0.4) is 0 Å². The molecule has 0 aliphatic carbocycles. The van der Waals surface area contributed by atoms with E-state index in [-0.39, 0.29) is 143 Å². The van der Waals surface area contributed by atoms with E-state index >= 15 is 0 Å². The third-order valence-corrected chi connectivity index (χ3v) is 6.67. The van der Waals surface area contributed by atoms with Crippen LogP contribution in [0.5, 0.6) is 0 Å². The lowest BCUT2D eigenvalue weighted by Crippen LogP contribution is -2.38. The average molecular weight is 565 g/mol. The molecule has 2 fully saturated rings. The number of nitrogens with zero attached hydrogens (tertiary/aromatic N) is 2. The first-order chi connectivity index (χ1) is 18.9. The lowest BCUT2D eigenvalue weighted by Gasteiger charge is -2.15. The molecule has 0 bridgehead atoms. The van der Waals surface area contributed by atoms with Crippen LogP contribution in [0.1, 0.15) is 59.3 Å². The van der Waals surface area contributed by atoms with Gasteiger partial charge in [-0.2, -0.15) is 0 Å². The first-order valence-electron chi connectivity index (χ1n) is 13.6. The highest BCUT2D eigenvalue weighted by molar-refractivity contribution is 6.04. The summed E-state index contributed by atoms with van der Waals surface area (Å²) in [4.78, 5) is 97.5. The maximum absolute atomic E-state index is 12.1. The fourth-order valence-corrected chi connectivity index (χ4v) is 4.43. The third kappa shape index (κ3) is 10.4. The van der Waals surface area contributed by atoms with Crippen molar-refractivity contribution in [3.63, 3.8) is 0 Å². The van der Waals surface area contributed by atoms with Gasteiger partial charge in [-0.15, -0.1) is 0 Å². The molecule has 2 atom stereocenters. The highest BCUT2D eigenvalue weighted by atomic mass is 16.2. The van der Waals surface area contributed by atoms with Gasteiger partial charge in [0.25, 0.3) is 0 Å². The Hall–Kier alpha value is -3.84. The van der Waals surface area contributed by atoms with Crippen molar-refractivity contribution >= 4 is 47.3 Å². The van der Waals surface area contributed by atoms with Gasteiger partial charge in [0.2, 0.25) is 47.3 Å². The van der Waals surface area contributed by atoms with Crippen LogP contribution in [0.25, 0.3) is 0 Å². The minimum atomic E-state index is -0.352. The summed E-state index contributed by atoms with van der Waals surface area (Å²) in [5.74, 6) is -3.22. The molecule has 2 aliphatic rings. The molecule has 222 valence electrons. The predicted octanol–water partition coefficient (Wildman–Crippen LogP) is -1.56. The van der Waals surface area contributed by atoms with Gasteiger partial charge in [-0.1, -0.05) is 20.8 Å². The smallest absolute Gasteiger partial charge is 0.232 e.